The maximum atomic E-state index is 11.0. The fraction of sp³-hybridized carbons (Fsp3) is 0.176. The van der Waals surface area contributed by atoms with Gasteiger partial charge in [-0.05, 0) is 43.3 Å². The number of rotatable bonds is 5. The Kier molecular flexibility index (Phi) is 5.76. The average molecular weight is 377 g/mol. The summed E-state index contributed by atoms with van der Waals surface area (Å²) in [7, 11) is 0. The molecule has 0 aromatic heterocycles. The smallest absolute Gasteiger partial charge is 0.221 e. The number of aliphatic imine (C=N–C) groups is 1. The predicted octanol–water partition coefficient (Wildman–Crippen LogP) is 4.26. The second-order valence-electron chi connectivity index (χ2n) is 4.76. The van der Waals surface area contributed by atoms with Crippen molar-refractivity contribution in [1.29, 1.82) is 0 Å². The molecular weight excluding hydrogens is 360 g/mol. The zero-order chi connectivity index (χ0) is 16.8. The molecule has 0 bridgehead atoms. The van der Waals surface area contributed by atoms with E-state index < -0.39 is 0 Å². The molecule has 5 nitrogen and oxygen atoms in total. The number of ether oxygens (including phenoxy) is 1. The summed E-state index contributed by atoms with van der Waals surface area (Å²) < 4.78 is 6.17. The number of hydrogen-bond donors (Lipinski definition) is 2. The number of hydrogen-bond acceptors (Lipinski definition) is 4. The molecule has 0 aliphatic carbocycles. The molecule has 1 amide bonds. The van der Waals surface area contributed by atoms with Gasteiger partial charge in [-0.2, -0.15) is 0 Å². The number of halogens is 1. The van der Waals surface area contributed by atoms with Gasteiger partial charge in [0.05, 0.1) is 12.3 Å². The van der Waals surface area contributed by atoms with E-state index in [9.17, 15) is 9.90 Å². The fourth-order valence-electron chi connectivity index (χ4n) is 1.94. The van der Waals surface area contributed by atoms with Gasteiger partial charge >= 0.3 is 0 Å². The molecule has 0 radical (unpaired) electrons. The molecule has 2 N–H and O–H groups in total. The number of phenols is 1. The monoisotopic (exact) mass is 376 g/mol. The molecule has 0 saturated carbocycles. The first-order chi connectivity index (χ1) is 11.0. The normalized spacial score (nSPS) is 10.7. The van der Waals surface area contributed by atoms with E-state index in [0.717, 1.165) is 4.47 Å². The van der Waals surface area contributed by atoms with E-state index in [-0.39, 0.29) is 11.7 Å². The van der Waals surface area contributed by atoms with E-state index in [1.165, 1.54) is 6.92 Å². The van der Waals surface area contributed by atoms with Crippen molar-refractivity contribution in [2.24, 2.45) is 4.99 Å². The molecule has 0 spiro atoms. The minimum absolute atomic E-state index is 0.0497. The Hall–Kier alpha value is -2.34. The number of phenolic OH excluding ortho intramolecular Hbond substituents is 1. The zero-order valence-electron chi connectivity index (χ0n) is 12.8. The molecule has 23 heavy (non-hydrogen) atoms. The van der Waals surface area contributed by atoms with Gasteiger partial charge in [-0.25, -0.2) is 0 Å². The molecule has 0 unspecified atom stereocenters. The lowest BCUT2D eigenvalue weighted by Crippen LogP contribution is -2.04. The number of carbonyl (C=O) groups excluding carboxylic acids is 1. The van der Waals surface area contributed by atoms with Gasteiger partial charge in [0.2, 0.25) is 5.91 Å². The van der Waals surface area contributed by atoms with E-state index in [0.29, 0.717) is 29.3 Å². The summed E-state index contributed by atoms with van der Waals surface area (Å²) in [6.45, 7) is 3.77. The van der Waals surface area contributed by atoms with E-state index in [2.05, 4.69) is 26.2 Å². The van der Waals surface area contributed by atoms with E-state index in [4.69, 9.17) is 4.74 Å². The van der Waals surface area contributed by atoms with Crippen molar-refractivity contribution in [3.63, 3.8) is 0 Å². The Labute approximate surface area is 143 Å². The minimum atomic E-state index is -0.122. The molecule has 2 rings (SSSR count). The molecular formula is C17H17BrN2O3. The molecule has 6 heteroatoms. The summed E-state index contributed by atoms with van der Waals surface area (Å²) in [6, 6.07) is 10.5. The van der Waals surface area contributed by atoms with Gasteiger partial charge in [-0.1, -0.05) is 15.9 Å². The lowest BCUT2D eigenvalue weighted by molar-refractivity contribution is -0.114. The summed E-state index contributed by atoms with van der Waals surface area (Å²) in [4.78, 5) is 15.3. The summed E-state index contributed by atoms with van der Waals surface area (Å²) in [5, 5.41) is 12.9. The number of nitrogens with zero attached hydrogens (tertiary/aromatic N) is 1. The molecule has 0 fully saturated rings. The van der Waals surface area contributed by atoms with Gasteiger partial charge in [-0.3, -0.25) is 9.79 Å². The summed E-state index contributed by atoms with van der Waals surface area (Å²) in [5.41, 5.74) is 1.96. The van der Waals surface area contributed by atoms with Crippen LogP contribution in [0.5, 0.6) is 11.5 Å². The summed E-state index contributed by atoms with van der Waals surface area (Å²) in [5.74, 6) is 0.335. The van der Waals surface area contributed by atoms with Crippen molar-refractivity contribution in [2.45, 2.75) is 13.8 Å². The van der Waals surface area contributed by atoms with Crippen LogP contribution in [0.2, 0.25) is 0 Å². The molecule has 0 aliphatic rings. The van der Waals surface area contributed by atoms with Crippen LogP contribution in [0, 0.1) is 0 Å². The Morgan fingerprint density at radius 2 is 2.04 bits per heavy atom. The van der Waals surface area contributed by atoms with Crippen molar-refractivity contribution in [1.82, 2.24) is 0 Å². The quantitative estimate of drug-likeness (QED) is 0.765. The lowest BCUT2D eigenvalue weighted by Gasteiger charge is -2.08. The third-order valence-electron chi connectivity index (χ3n) is 2.91. The van der Waals surface area contributed by atoms with Crippen molar-refractivity contribution < 1.29 is 14.6 Å². The van der Waals surface area contributed by atoms with Gasteiger partial charge in [0.25, 0.3) is 0 Å². The molecule has 2 aromatic carbocycles. The van der Waals surface area contributed by atoms with Crippen molar-refractivity contribution in [2.75, 3.05) is 11.9 Å². The van der Waals surface area contributed by atoms with Crippen LogP contribution in [0.1, 0.15) is 19.4 Å². The van der Waals surface area contributed by atoms with Crippen LogP contribution >= 0.6 is 15.9 Å². The maximum Gasteiger partial charge on any atom is 0.221 e. The highest BCUT2D eigenvalue weighted by atomic mass is 79.9. The number of nitrogens with one attached hydrogen (secondary N) is 1. The first kappa shape index (κ1) is 17.0. The highest BCUT2D eigenvalue weighted by Gasteiger charge is 2.08. The topological polar surface area (TPSA) is 70.9 Å². The third-order valence-corrected chi connectivity index (χ3v) is 3.37. The van der Waals surface area contributed by atoms with Crippen LogP contribution in [0.4, 0.5) is 11.4 Å². The van der Waals surface area contributed by atoms with Gasteiger partial charge in [-0.15, -0.1) is 0 Å². The number of benzene rings is 2. The van der Waals surface area contributed by atoms with Gasteiger partial charge < -0.3 is 15.2 Å². The first-order valence-corrected chi connectivity index (χ1v) is 7.86. The largest absolute Gasteiger partial charge is 0.504 e. The molecule has 120 valence electrons. The van der Waals surface area contributed by atoms with Crippen molar-refractivity contribution in [3.8, 4) is 11.5 Å². The Bertz CT molecular complexity index is 727. The van der Waals surface area contributed by atoms with Crippen molar-refractivity contribution in [3.05, 3.63) is 46.4 Å². The standard InChI is InChI=1S/C17H17BrN2O3/c1-3-23-16-9-13(18)8-12(17(16)22)10-19-14-4-6-15(7-5-14)20-11(2)21/h4-10,22H,3H2,1-2H3,(H,20,21). The molecule has 0 aliphatic heterocycles. The Balaban J connectivity index is 2.21. The van der Waals surface area contributed by atoms with Gasteiger partial charge in [0, 0.05) is 28.9 Å². The third kappa shape index (κ3) is 4.82. The highest BCUT2D eigenvalue weighted by molar-refractivity contribution is 9.10. The summed E-state index contributed by atoms with van der Waals surface area (Å²) >= 11 is 3.38. The van der Waals surface area contributed by atoms with Gasteiger partial charge in [0.15, 0.2) is 11.5 Å². The average Bonchev–Trinajstić information content (AvgIpc) is 2.50. The van der Waals surface area contributed by atoms with Crippen LogP contribution in [-0.4, -0.2) is 23.8 Å². The van der Waals surface area contributed by atoms with Crippen LogP contribution < -0.4 is 10.1 Å². The van der Waals surface area contributed by atoms with E-state index in [1.807, 2.05) is 6.92 Å². The van der Waals surface area contributed by atoms with Crippen molar-refractivity contribution >= 4 is 39.4 Å². The van der Waals surface area contributed by atoms with Crippen LogP contribution in [0.15, 0.2) is 45.9 Å². The number of carbonyl (C=O) groups is 1. The molecule has 0 saturated heterocycles. The van der Waals surface area contributed by atoms with E-state index in [1.54, 1.807) is 42.6 Å². The number of aromatic hydroxyl groups is 1. The van der Waals surface area contributed by atoms with Crippen LogP contribution in [-0.2, 0) is 4.79 Å². The SMILES string of the molecule is CCOc1cc(Br)cc(C=Nc2ccc(NC(C)=O)cc2)c1O. The second-order valence-corrected chi connectivity index (χ2v) is 5.68. The predicted molar refractivity (Wildman–Crippen MR) is 95.0 cm³/mol. The highest BCUT2D eigenvalue weighted by Crippen LogP contribution is 2.33. The molecule has 0 atom stereocenters. The van der Waals surface area contributed by atoms with Crippen LogP contribution in [0.25, 0.3) is 0 Å². The molecule has 2 aromatic rings. The summed E-state index contributed by atoms with van der Waals surface area (Å²) in [6.07, 6.45) is 1.57. The second kappa shape index (κ2) is 7.78. The van der Waals surface area contributed by atoms with E-state index >= 15 is 0 Å². The Morgan fingerprint density at radius 1 is 1.35 bits per heavy atom. The zero-order valence-corrected chi connectivity index (χ0v) is 14.4. The molecule has 0 heterocycles. The first-order valence-electron chi connectivity index (χ1n) is 7.06. The van der Waals surface area contributed by atoms with Gasteiger partial charge in [0.1, 0.15) is 0 Å². The fourth-order valence-corrected chi connectivity index (χ4v) is 2.39. The maximum absolute atomic E-state index is 11.0. The van der Waals surface area contributed by atoms with Crippen LogP contribution in [0.3, 0.4) is 0 Å². The minimum Gasteiger partial charge on any atom is -0.504 e. The lowest BCUT2D eigenvalue weighted by atomic mass is 10.2. The number of amides is 1. The Morgan fingerprint density at radius 3 is 2.65 bits per heavy atom. The number of anilines is 1.